The minimum absolute atomic E-state index is 0.389. The lowest BCUT2D eigenvalue weighted by Gasteiger charge is -2.20. The van der Waals surface area contributed by atoms with Gasteiger partial charge in [0, 0.05) is 50.0 Å². The number of rotatable bonds is 6. The molecule has 5 nitrogen and oxygen atoms in total. The molecule has 0 aliphatic carbocycles. The number of hydrogen-bond donors (Lipinski definition) is 2. The van der Waals surface area contributed by atoms with E-state index >= 15 is 0 Å². The summed E-state index contributed by atoms with van der Waals surface area (Å²) in [5.74, 6) is 0.842. The lowest BCUT2D eigenvalue weighted by molar-refractivity contribution is 0.185. The van der Waals surface area contributed by atoms with E-state index < -0.39 is 0 Å². The number of halogens is 1. The topological polar surface area (TPSA) is 48.9 Å². The van der Waals surface area contributed by atoms with Crippen LogP contribution >= 0.6 is 15.9 Å². The van der Waals surface area contributed by atoms with E-state index in [2.05, 4.69) is 85.0 Å². The van der Waals surface area contributed by atoms with Crippen molar-refractivity contribution in [3.63, 3.8) is 0 Å². The van der Waals surface area contributed by atoms with Crippen LogP contribution in [0.2, 0.25) is 0 Å². The molecule has 0 saturated carbocycles. The van der Waals surface area contributed by atoms with Crippen molar-refractivity contribution in [3.8, 4) is 0 Å². The van der Waals surface area contributed by atoms with E-state index in [-0.39, 0.29) is 0 Å². The van der Waals surface area contributed by atoms with E-state index in [1.54, 1.807) is 7.11 Å². The Balaban J connectivity index is 1.50. The van der Waals surface area contributed by atoms with Gasteiger partial charge in [-0.05, 0) is 41.8 Å². The Bertz CT molecular complexity index is 763. The fourth-order valence-corrected chi connectivity index (χ4v) is 3.60. The third-order valence-corrected chi connectivity index (χ3v) is 5.24. The molecule has 1 saturated heterocycles. The highest BCUT2D eigenvalue weighted by atomic mass is 79.9. The van der Waals surface area contributed by atoms with Gasteiger partial charge >= 0.3 is 0 Å². The second kappa shape index (κ2) is 9.76. The summed E-state index contributed by atoms with van der Waals surface area (Å²) in [6.07, 6.45) is 1.10. The predicted octanol–water partition coefficient (Wildman–Crippen LogP) is 3.54. The number of nitrogens with one attached hydrogen (secondary N) is 2. The largest absolute Gasteiger partial charge is 0.380 e. The lowest BCUT2D eigenvalue weighted by Crippen LogP contribution is -2.44. The zero-order valence-electron chi connectivity index (χ0n) is 15.9. The molecule has 1 fully saturated rings. The minimum atomic E-state index is 0.389. The third-order valence-electron chi connectivity index (χ3n) is 4.71. The summed E-state index contributed by atoms with van der Waals surface area (Å²) in [6, 6.07) is 17.3. The molecule has 27 heavy (non-hydrogen) atoms. The van der Waals surface area contributed by atoms with Crippen LogP contribution in [0, 0.1) is 0 Å². The van der Waals surface area contributed by atoms with Crippen LogP contribution in [0.1, 0.15) is 17.5 Å². The third kappa shape index (κ3) is 5.71. The summed E-state index contributed by atoms with van der Waals surface area (Å²) in [7, 11) is 3.54. The number of benzene rings is 2. The summed E-state index contributed by atoms with van der Waals surface area (Å²) in [5, 5.41) is 6.97. The van der Waals surface area contributed by atoms with Gasteiger partial charge in [0.25, 0.3) is 0 Å². The summed E-state index contributed by atoms with van der Waals surface area (Å²) in [5.41, 5.74) is 3.66. The van der Waals surface area contributed by atoms with Crippen molar-refractivity contribution >= 4 is 27.6 Å². The standard InChI is InChI=1S/C21H27BrN4O/c1-23-21(24-13-16-4-3-5-17(12-16)15-27-2)25-19-10-11-26(14-19)20-8-6-18(22)7-9-20/h3-9,12,19H,10-11,13-15H2,1-2H3,(H2,23,24,25). The molecule has 1 heterocycles. The number of aliphatic imine (C=N–C) groups is 1. The zero-order valence-corrected chi connectivity index (χ0v) is 17.5. The molecule has 1 unspecified atom stereocenters. The van der Waals surface area contributed by atoms with Crippen molar-refractivity contribution in [3.05, 3.63) is 64.1 Å². The molecular formula is C21H27BrN4O. The Morgan fingerprint density at radius 3 is 2.74 bits per heavy atom. The number of guanidine groups is 1. The highest BCUT2D eigenvalue weighted by Gasteiger charge is 2.23. The second-order valence-corrected chi connectivity index (χ2v) is 7.65. The summed E-state index contributed by atoms with van der Waals surface area (Å²) >= 11 is 3.50. The molecule has 0 bridgehead atoms. The number of ether oxygens (including phenoxy) is 1. The smallest absolute Gasteiger partial charge is 0.191 e. The van der Waals surface area contributed by atoms with Gasteiger partial charge in [-0.1, -0.05) is 40.2 Å². The van der Waals surface area contributed by atoms with Gasteiger partial charge in [0.05, 0.1) is 6.61 Å². The molecule has 1 atom stereocenters. The highest BCUT2D eigenvalue weighted by Crippen LogP contribution is 2.22. The normalized spacial score (nSPS) is 17.2. The Hall–Kier alpha value is -2.05. The maximum absolute atomic E-state index is 5.21. The molecule has 6 heteroatoms. The monoisotopic (exact) mass is 430 g/mol. The number of nitrogens with zero attached hydrogens (tertiary/aromatic N) is 2. The van der Waals surface area contributed by atoms with Crippen LogP contribution in [0.3, 0.4) is 0 Å². The van der Waals surface area contributed by atoms with Crippen molar-refractivity contribution < 1.29 is 4.74 Å². The minimum Gasteiger partial charge on any atom is -0.380 e. The first-order valence-electron chi connectivity index (χ1n) is 9.22. The summed E-state index contributed by atoms with van der Waals surface area (Å²) in [4.78, 5) is 6.79. The number of methoxy groups -OCH3 is 1. The second-order valence-electron chi connectivity index (χ2n) is 6.73. The maximum atomic E-state index is 5.21. The number of hydrogen-bond acceptors (Lipinski definition) is 3. The van der Waals surface area contributed by atoms with Crippen LogP contribution in [0.4, 0.5) is 5.69 Å². The van der Waals surface area contributed by atoms with Crippen LogP contribution < -0.4 is 15.5 Å². The summed E-state index contributed by atoms with van der Waals surface area (Å²) < 4.78 is 6.32. The van der Waals surface area contributed by atoms with Gasteiger partial charge in [-0.2, -0.15) is 0 Å². The van der Waals surface area contributed by atoms with Crippen LogP contribution in [-0.4, -0.2) is 39.2 Å². The van der Waals surface area contributed by atoms with E-state index in [1.165, 1.54) is 16.8 Å². The van der Waals surface area contributed by atoms with Gasteiger partial charge in [0.2, 0.25) is 0 Å². The van der Waals surface area contributed by atoms with E-state index in [9.17, 15) is 0 Å². The average Bonchev–Trinajstić information content (AvgIpc) is 3.15. The van der Waals surface area contributed by atoms with E-state index in [1.807, 2.05) is 7.05 Å². The van der Waals surface area contributed by atoms with Crippen molar-refractivity contribution in [2.75, 3.05) is 32.1 Å². The molecule has 1 aliphatic heterocycles. The van der Waals surface area contributed by atoms with Crippen LogP contribution in [0.5, 0.6) is 0 Å². The number of anilines is 1. The molecule has 144 valence electrons. The predicted molar refractivity (Wildman–Crippen MR) is 115 cm³/mol. The molecule has 0 spiro atoms. The molecule has 0 amide bonds. The van der Waals surface area contributed by atoms with Gasteiger partial charge in [0.15, 0.2) is 5.96 Å². The van der Waals surface area contributed by atoms with Gasteiger partial charge in [-0.25, -0.2) is 0 Å². The van der Waals surface area contributed by atoms with Crippen molar-refractivity contribution in [1.29, 1.82) is 0 Å². The Labute approximate surface area is 170 Å². The molecular weight excluding hydrogens is 404 g/mol. The Morgan fingerprint density at radius 1 is 1.22 bits per heavy atom. The quantitative estimate of drug-likeness (QED) is 0.543. The SMILES string of the molecule is CN=C(NCc1cccc(COC)c1)NC1CCN(c2ccc(Br)cc2)C1. The van der Waals surface area contributed by atoms with Crippen molar-refractivity contribution in [1.82, 2.24) is 10.6 Å². The van der Waals surface area contributed by atoms with Crippen LogP contribution in [0.25, 0.3) is 0 Å². The van der Waals surface area contributed by atoms with E-state index in [4.69, 9.17) is 4.74 Å². The molecule has 0 radical (unpaired) electrons. The molecule has 3 rings (SSSR count). The average molecular weight is 431 g/mol. The van der Waals surface area contributed by atoms with Crippen LogP contribution in [0.15, 0.2) is 58.0 Å². The lowest BCUT2D eigenvalue weighted by atomic mass is 10.1. The van der Waals surface area contributed by atoms with Crippen molar-refractivity contribution in [2.45, 2.75) is 25.6 Å². The Morgan fingerprint density at radius 2 is 2.00 bits per heavy atom. The van der Waals surface area contributed by atoms with Crippen molar-refractivity contribution in [2.24, 2.45) is 4.99 Å². The fraction of sp³-hybridized carbons (Fsp3) is 0.381. The molecule has 2 N–H and O–H groups in total. The first-order chi connectivity index (χ1) is 13.2. The van der Waals surface area contributed by atoms with Crippen LogP contribution in [-0.2, 0) is 17.9 Å². The molecule has 0 aromatic heterocycles. The zero-order chi connectivity index (χ0) is 19.1. The highest BCUT2D eigenvalue weighted by molar-refractivity contribution is 9.10. The van der Waals surface area contributed by atoms with E-state index in [0.29, 0.717) is 12.6 Å². The fourth-order valence-electron chi connectivity index (χ4n) is 3.33. The van der Waals surface area contributed by atoms with Gasteiger partial charge < -0.3 is 20.3 Å². The molecule has 2 aromatic carbocycles. The molecule has 2 aromatic rings. The first kappa shape index (κ1) is 19.7. The first-order valence-corrected chi connectivity index (χ1v) is 10.0. The molecule has 1 aliphatic rings. The van der Waals surface area contributed by atoms with Gasteiger partial charge in [0.1, 0.15) is 0 Å². The van der Waals surface area contributed by atoms with E-state index in [0.717, 1.165) is 36.5 Å². The maximum Gasteiger partial charge on any atom is 0.191 e. The van der Waals surface area contributed by atoms with Gasteiger partial charge in [-0.15, -0.1) is 0 Å². The summed E-state index contributed by atoms with van der Waals surface area (Å²) in [6.45, 7) is 3.40. The van der Waals surface area contributed by atoms with Gasteiger partial charge in [-0.3, -0.25) is 4.99 Å². The Kier molecular flexibility index (Phi) is 7.12.